The van der Waals surface area contributed by atoms with Gasteiger partial charge in [0.1, 0.15) is 4.21 Å². The van der Waals surface area contributed by atoms with E-state index in [2.05, 4.69) is 0 Å². The van der Waals surface area contributed by atoms with Crippen molar-refractivity contribution in [1.82, 2.24) is 0 Å². The van der Waals surface area contributed by atoms with Gasteiger partial charge in [-0.1, -0.05) is 0 Å². The third-order valence-corrected chi connectivity index (χ3v) is 4.46. The van der Waals surface area contributed by atoms with Gasteiger partial charge >= 0.3 is 5.88 Å². The third kappa shape index (κ3) is 2.49. The van der Waals surface area contributed by atoms with E-state index in [4.69, 9.17) is 0 Å². The Hall–Kier alpha value is -0.950. The smallest absolute Gasteiger partial charge is 0.263 e. The van der Waals surface area contributed by atoms with Crippen LogP contribution in [0.4, 0.5) is 0 Å². The first kappa shape index (κ1) is 10.1. The van der Waals surface area contributed by atoms with Crippen molar-refractivity contribution in [3.63, 3.8) is 0 Å². The highest BCUT2D eigenvalue weighted by atomic mass is 32.2. The quantitative estimate of drug-likeness (QED) is 0.565. The molecule has 0 saturated heterocycles. The summed E-state index contributed by atoms with van der Waals surface area (Å²) in [5.74, 6) is -1.03. The molecule has 72 valence electrons. The average molecular weight is 221 g/mol. The summed E-state index contributed by atoms with van der Waals surface area (Å²) in [6.07, 6.45) is 0. The molecule has 0 bridgehead atoms. The molecule has 1 heterocycles. The van der Waals surface area contributed by atoms with Crippen molar-refractivity contribution in [3.05, 3.63) is 27.1 Å². The predicted molar refractivity (Wildman–Crippen MR) is 48.1 cm³/mol. The summed E-state index contributed by atoms with van der Waals surface area (Å²) in [7, 11) is -3.72. The second-order valence-corrected chi connectivity index (χ2v) is 5.62. The van der Waals surface area contributed by atoms with Crippen molar-refractivity contribution in [3.8, 4) is 0 Å². The lowest BCUT2D eigenvalue weighted by molar-refractivity contribution is -0.458. The number of sulfone groups is 1. The van der Waals surface area contributed by atoms with Crippen LogP contribution in [0.2, 0.25) is 0 Å². The van der Waals surface area contributed by atoms with Crippen molar-refractivity contribution in [2.75, 3.05) is 5.88 Å². The number of thiophene rings is 1. The second-order valence-electron chi connectivity index (χ2n) is 2.52. The minimum absolute atomic E-state index is 0.0571. The molecule has 5 nitrogen and oxygen atoms in total. The van der Waals surface area contributed by atoms with Crippen LogP contribution >= 0.6 is 11.3 Å². The van der Waals surface area contributed by atoms with Crippen molar-refractivity contribution >= 4 is 21.2 Å². The number of aryl methyl sites for hydroxylation is 1. The van der Waals surface area contributed by atoms with Gasteiger partial charge in [-0.2, -0.15) is 0 Å². The molecule has 0 aliphatic carbocycles. The lowest BCUT2D eigenvalue weighted by Crippen LogP contribution is -2.13. The van der Waals surface area contributed by atoms with Crippen molar-refractivity contribution in [2.45, 2.75) is 11.1 Å². The zero-order chi connectivity index (χ0) is 10.1. The van der Waals surface area contributed by atoms with Crippen molar-refractivity contribution in [1.29, 1.82) is 0 Å². The molecule has 7 heteroatoms. The number of nitrogens with zero attached hydrogens (tertiary/aromatic N) is 1. The molecule has 0 saturated carbocycles. The van der Waals surface area contributed by atoms with Gasteiger partial charge in [-0.05, 0) is 23.9 Å². The fourth-order valence-corrected chi connectivity index (χ4v) is 3.05. The molecule has 0 fully saturated rings. The molecule has 0 N–H and O–H groups in total. The van der Waals surface area contributed by atoms with Crippen LogP contribution in [0, 0.1) is 17.0 Å². The van der Waals surface area contributed by atoms with Crippen LogP contribution in [0.3, 0.4) is 0 Å². The molecule has 0 radical (unpaired) electrons. The maximum atomic E-state index is 11.2. The predicted octanol–water partition coefficient (Wildman–Crippen LogP) is 1.06. The van der Waals surface area contributed by atoms with Crippen LogP contribution in [0.1, 0.15) is 5.56 Å². The van der Waals surface area contributed by atoms with Gasteiger partial charge in [0, 0.05) is 4.92 Å². The van der Waals surface area contributed by atoms with E-state index >= 15 is 0 Å². The van der Waals surface area contributed by atoms with Crippen LogP contribution in [0.25, 0.3) is 0 Å². The van der Waals surface area contributed by atoms with Gasteiger partial charge in [-0.25, -0.2) is 8.42 Å². The van der Waals surface area contributed by atoms with Gasteiger partial charge in [0.25, 0.3) is 9.84 Å². The summed E-state index contributed by atoms with van der Waals surface area (Å²) in [5.41, 5.74) is 0.798. The molecule has 0 aliphatic heterocycles. The highest BCUT2D eigenvalue weighted by Gasteiger charge is 2.22. The van der Waals surface area contributed by atoms with Crippen LogP contribution in [0.5, 0.6) is 0 Å². The van der Waals surface area contributed by atoms with Gasteiger partial charge in [-0.3, -0.25) is 10.1 Å². The van der Waals surface area contributed by atoms with E-state index in [0.29, 0.717) is 0 Å². The number of hydrogen-bond donors (Lipinski definition) is 0. The lowest BCUT2D eigenvalue weighted by Gasteiger charge is -1.93. The third-order valence-electron chi connectivity index (χ3n) is 1.29. The Bertz CT molecular complexity index is 420. The highest BCUT2D eigenvalue weighted by Crippen LogP contribution is 2.20. The largest absolute Gasteiger partial charge is 0.306 e. The fraction of sp³-hybridized carbons (Fsp3) is 0.333. The minimum Gasteiger partial charge on any atom is -0.263 e. The summed E-state index contributed by atoms with van der Waals surface area (Å²) in [4.78, 5) is 9.18. The molecule has 0 unspecified atom stereocenters. The minimum atomic E-state index is -3.72. The summed E-state index contributed by atoms with van der Waals surface area (Å²) in [6, 6.07) is 1.43. The number of hydrogen-bond acceptors (Lipinski definition) is 5. The first-order chi connectivity index (χ1) is 5.92. The van der Waals surface area contributed by atoms with E-state index in [-0.39, 0.29) is 4.21 Å². The molecule has 0 atom stereocenters. The van der Waals surface area contributed by atoms with Gasteiger partial charge in [-0.15, -0.1) is 11.3 Å². The number of nitro groups is 1. The normalized spacial score (nSPS) is 11.5. The molecule has 0 amide bonds. The molecular formula is C6H7NO4S2. The first-order valence-electron chi connectivity index (χ1n) is 3.31. The Kier molecular flexibility index (Phi) is 2.67. The summed E-state index contributed by atoms with van der Waals surface area (Å²) in [5, 5.41) is 11.7. The first-order valence-corrected chi connectivity index (χ1v) is 5.85. The SMILES string of the molecule is Cc1csc(S(=O)(=O)C[N+](=O)[O-])c1. The van der Waals surface area contributed by atoms with Crippen LogP contribution in [-0.2, 0) is 9.84 Å². The van der Waals surface area contributed by atoms with Gasteiger partial charge in [0.05, 0.1) is 0 Å². The second kappa shape index (κ2) is 3.43. The highest BCUT2D eigenvalue weighted by molar-refractivity contribution is 7.93. The van der Waals surface area contributed by atoms with Gasteiger partial charge in [0.2, 0.25) is 0 Å². The van der Waals surface area contributed by atoms with Crippen molar-refractivity contribution in [2.24, 2.45) is 0 Å². The maximum absolute atomic E-state index is 11.2. The van der Waals surface area contributed by atoms with Crippen LogP contribution in [-0.4, -0.2) is 19.2 Å². The Balaban J connectivity index is 3.01. The summed E-state index contributed by atoms with van der Waals surface area (Å²) < 4.78 is 22.5. The fourth-order valence-electron chi connectivity index (χ4n) is 0.770. The maximum Gasteiger partial charge on any atom is 0.306 e. The van der Waals surface area contributed by atoms with Gasteiger partial charge in [0.15, 0.2) is 0 Å². The Morgan fingerprint density at radius 2 is 2.23 bits per heavy atom. The molecule has 0 aliphatic rings. The van der Waals surface area contributed by atoms with E-state index in [0.717, 1.165) is 16.9 Å². The van der Waals surface area contributed by atoms with E-state index < -0.39 is 20.6 Å². The van der Waals surface area contributed by atoms with Gasteiger partial charge < -0.3 is 0 Å². The monoisotopic (exact) mass is 221 g/mol. The zero-order valence-corrected chi connectivity index (χ0v) is 8.39. The Morgan fingerprint density at radius 1 is 1.62 bits per heavy atom. The van der Waals surface area contributed by atoms with Crippen LogP contribution in [0.15, 0.2) is 15.7 Å². The molecule has 1 aromatic rings. The molecule has 13 heavy (non-hydrogen) atoms. The summed E-state index contributed by atoms with van der Waals surface area (Å²) in [6.45, 7) is 1.74. The lowest BCUT2D eigenvalue weighted by atomic mass is 10.4. The van der Waals surface area contributed by atoms with E-state index in [9.17, 15) is 18.5 Å². The molecule has 0 aromatic carbocycles. The Morgan fingerprint density at radius 3 is 2.62 bits per heavy atom. The van der Waals surface area contributed by atoms with E-state index in [1.165, 1.54) is 6.07 Å². The average Bonchev–Trinajstić information content (AvgIpc) is 2.32. The standard InChI is InChI=1S/C6H7NO4S2/c1-5-2-6(12-3-5)13(10,11)4-7(8)9/h2-3H,4H2,1H3. The topological polar surface area (TPSA) is 77.3 Å². The number of rotatable bonds is 3. The zero-order valence-electron chi connectivity index (χ0n) is 6.76. The molecule has 1 rings (SSSR count). The molecule has 1 aromatic heterocycles. The molecule has 0 spiro atoms. The molecular weight excluding hydrogens is 214 g/mol. The van der Waals surface area contributed by atoms with Crippen molar-refractivity contribution < 1.29 is 13.3 Å². The van der Waals surface area contributed by atoms with E-state index in [1.54, 1.807) is 12.3 Å². The Labute approximate surface area is 79.1 Å². The van der Waals surface area contributed by atoms with E-state index in [1.807, 2.05) is 0 Å². The summed E-state index contributed by atoms with van der Waals surface area (Å²) >= 11 is 1.01. The van der Waals surface area contributed by atoms with Crippen LogP contribution < -0.4 is 0 Å².